The number of anilines is 1. The minimum atomic E-state index is -0.316. The summed E-state index contributed by atoms with van der Waals surface area (Å²) in [6.45, 7) is 3.24. The molecule has 0 spiro atoms. The SMILES string of the molecule is Cn1c(=O)oc2ccc(NCCC3CCNC3)cc21. The van der Waals surface area contributed by atoms with Crippen molar-refractivity contribution in [3.8, 4) is 0 Å². The first-order chi connectivity index (χ1) is 9.24. The molecule has 2 aromatic rings. The molecule has 102 valence electrons. The number of hydrogen-bond acceptors (Lipinski definition) is 4. The van der Waals surface area contributed by atoms with Crippen molar-refractivity contribution in [2.45, 2.75) is 12.8 Å². The largest absolute Gasteiger partial charge is 0.419 e. The highest BCUT2D eigenvalue weighted by Gasteiger charge is 2.13. The Kier molecular flexibility index (Phi) is 3.29. The van der Waals surface area contributed by atoms with E-state index in [1.54, 1.807) is 7.05 Å². The summed E-state index contributed by atoms with van der Waals surface area (Å²) in [5, 5.41) is 6.79. The van der Waals surface area contributed by atoms with Crippen LogP contribution in [0.25, 0.3) is 11.1 Å². The normalized spacial score (nSPS) is 19.1. The van der Waals surface area contributed by atoms with Crippen LogP contribution in [0, 0.1) is 5.92 Å². The number of benzene rings is 1. The summed E-state index contributed by atoms with van der Waals surface area (Å²) in [5.74, 6) is 0.471. The van der Waals surface area contributed by atoms with E-state index < -0.39 is 0 Å². The number of fused-ring (bicyclic) bond motifs is 1. The molecule has 0 bridgehead atoms. The fourth-order valence-electron chi connectivity index (χ4n) is 2.62. The van der Waals surface area contributed by atoms with Crippen LogP contribution < -0.4 is 16.4 Å². The Morgan fingerprint density at radius 1 is 1.53 bits per heavy atom. The Hall–Kier alpha value is -1.75. The summed E-state index contributed by atoms with van der Waals surface area (Å²) >= 11 is 0. The van der Waals surface area contributed by atoms with Gasteiger partial charge in [-0.15, -0.1) is 0 Å². The molecule has 2 N–H and O–H groups in total. The van der Waals surface area contributed by atoms with E-state index in [9.17, 15) is 4.79 Å². The number of rotatable bonds is 4. The monoisotopic (exact) mass is 261 g/mol. The molecule has 0 radical (unpaired) electrons. The quantitative estimate of drug-likeness (QED) is 0.876. The maximum Gasteiger partial charge on any atom is 0.419 e. The van der Waals surface area contributed by atoms with Gasteiger partial charge in [0.1, 0.15) is 0 Å². The van der Waals surface area contributed by atoms with Gasteiger partial charge in [0.05, 0.1) is 5.52 Å². The smallest absolute Gasteiger partial charge is 0.408 e. The molecule has 0 aliphatic carbocycles. The molecule has 0 amide bonds. The molecule has 1 aliphatic rings. The van der Waals surface area contributed by atoms with Crippen molar-refractivity contribution in [1.29, 1.82) is 0 Å². The molecule has 0 saturated carbocycles. The van der Waals surface area contributed by atoms with Gasteiger partial charge in [0.15, 0.2) is 5.58 Å². The van der Waals surface area contributed by atoms with Gasteiger partial charge in [0.25, 0.3) is 0 Å². The molecule has 1 unspecified atom stereocenters. The highest BCUT2D eigenvalue weighted by Crippen LogP contribution is 2.18. The molecule has 1 fully saturated rings. The van der Waals surface area contributed by atoms with Gasteiger partial charge in [-0.3, -0.25) is 4.57 Å². The zero-order valence-corrected chi connectivity index (χ0v) is 11.1. The van der Waals surface area contributed by atoms with Crippen molar-refractivity contribution in [2.75, 3.05) is 25.0 Å². The van der Waals surface area contributed by atoms with Gasteiger partial charge in [0, 0.05) is 19.3 Å². The van der Waals surface area contributed by atoms with E-state index in [2.05, 4.69) is 10.6 Å². The molecule has 1 atom stereocenters. The zero-order valence-electron chi connectivity index (χ0n) is 11.1. The van der Waals surface area contributed by atoms with Gasteiger partial charge in [-0.1, -0.05) is 0 Å². The van der Waals surface area contributed by atoms with Gasteiger partial charge in [-0.25, -0.2) is 4.79 Å². The number of aryl methyl sites for hydroxylation is 1. The molecule has 5 nitrogen and oxygen atoms in total. The van der Waals surface area contributed by atoms with Gasteiger partial charge >= 0.3 is 5.76 Å². The molecule has 1 aromatic heterocycles. The summed E-state index contributed by atoms with van der Waals surface area (Å²) in [5.41, 5.74) is 2.51. The van der Waals surface area contributed by atoms with Crippen LogP contribution >= 0.6 is 0 Å². The Labute approximate surface area is 111 Å². The molecule has 2 heterocycles. The van der Waals surface area contributed by atoms with Gasteiger partial charge in [-0.2, -0.15) is 0 Å². The van der Waals surface area contributed by atoms with Crippen molar-refractivity contribution in [3.63, 3.8) is 0 Å². The third kappa shape index (κ3) is 2.51. The average Bonchev–Trinajstić information content (AvgIpc) is 3.01. The van der Waals surface area contributed by atoms with E-state index >= 15 is 0 Å². The van der Waals surface area contributed by atoms with Crippen LogP contribution in [0.3, 0.4) is 0 Å². The van der Waals surface area contributed by atoms with Crippen LogP contribution in [-0.2, 0) is 7.05 Å². The molecule has 5 heteroatoms. The Bertz CT molecular complexity index is 623. The minimum absolute atomic E-state index is 0.316. The van der Waals surface area contributed by atoms with Crippen LogP contribution in [0.5, 0.6) is 0 Å². The van der Waals surface area contributed by atoms with Crippen molar-refractivity contribution in [2.24, 2.45) is 13.0 Å². The summed E-state index contributed by atoms with van der Waals surface area (Å²) in [6.07, 6.45) is 2.45. The third-order valence-electron chi connectivity index (χ3n) is 3.84. The third-order valence-corrected chi connectivity index (χ3v) is 3.84. The van der Waals surface area contributed by atoms with Crippen LogP contribution in [0.1, 0.15) is 12.8 Å². The molecular formula is C14H19N3O2. The lowest BCUT2D eigenvalue weighted by atomic mass is 10.1. The number of nitrogens with zero attached hydrogens (tertiary/aromatic N) is 1. The lowest BCUT2D eigenvalue weighted by Gasteiger charge is -2.10. The standard InChI is InChI=1S/C14H19N3O2/c1-17-12-8-11(2-3-13(12)19-14(17)18)16-7-5-10-4-6-15-9-10/h2-3,8,10,15-16H,4-7,9H2,1H3. The highest BCUT2D eigenvalue weighted by molar-refractivity contribution is 5.77. The summed E-state index contributed by atoms with van der Waals surface area (Å²) in [4.78, 5) is 11.4. The van der Waals surface area contributed by atoms with Crippen LogP contribution in [-0.4, -0.2) is 24.2 Å². The first kappa shape index (κ1) is 12.3. The number of nitrogens with one attached hydrogen (secondary N) is 2. The molecule has 1 aliphatic heterocycles. The topological polar surface area (TPSA) is 59.2 Å². The number of aromatic nitrogens is 1. The van der Waals surface area contributed by atoms with E-state index in [0.717, 1.165) is 36.8 Å². The molecule has 1 saturated heterocycles. The maximum atomic E-state index is 11.4. The number of oxazole rings is 1. The predicted molar refractivity (Wildman–Crippen MR) is 75.5 cm³/mol. The Balaban J connectivity index is 1.67. The van der Waals surface area contributed by atoms with E-state index in [1.165, 1.54) is 17.4 Å². The Morgan fingerprint density at radius 3 is 3.21 bits per heavy atom. The predicted octanol–water partition coefficient (Wildman–Crippen LogP) is 1.54. The zero-order chi connectivity index (χ0) is 13.2. The van der Waals surface area contributed by atoms with Crippen molar-refractivity contribution in [3.05, 3.63) is 28.7 Å². The average molecular weight is 261 g/mol. The second-order valence-corrected chi connectivity index (χ2v) is 5.18. The molecule has 19 heavy (non-hydrogen) atoms. The van der Waals surface area contributed by atoms with E-state index in [-0.39, 0.29) is 5.76 Å². The van der Waals surface area contributed by atoms with Gasteiger partial charge < -0.3 is 15.1 Å². The van der Waals surface area contributed by atoms with Crippen molar-refractivity contribution in [1.82, 2.24) is 9.88 Å². The lowest BCUT2D eigenvalue weighted by molar-refractivity contribution is 0.528. The van der Waals surface area contributed by atoms with Crippen LogP contribution in [0.15, 0.2) is 27.4 Å². The molecule has 1 aromatic carbocycles. The second-order valence-electron chi connectivity index (χ2n) is 5.18. The second kappa shape index (κ2) is 5.09. The van der Waals surface area contributed by atoms with Crippen LogP contribution in [0.4, 0.5) is 5.69 Å². The van der Waals surface area contributed by atoms with E-state index in [1.807, 2.05) is 18.2 Å². The maximum absolute atomic E-state index is 11.4. The van der Waals surface area contributed by atoms with Gasteiger partial charge in [-0.05, 0) is 50.0 Å². The van der Waals surface area contributed by atoms with Crippen LogP contribution in [0.2, 0.25) is 0 Å². The highest BCUT2D eigenvalue weighted by atomic mass is 16.4. The van der Waals surface area contributed by atoms with Crippen molar-refractivity contribution >= 4 is 16.8 Å². The minimum Gasteiger partial charge on any atom is -0.408 e. The Morgan fingerprint density at radius 2 is 2.42 bits per heavy atom. The summed E-state index contributed by atoms with van der Waals surface area (Å²) in [7, 11) is 1.72. The molecular weight excluding hydrogens is 242 g/mol. The number of hydrogen-bond donors (Lipinski definition) is 2. The summed E-state index contributed by atoms with van der Waals surface area (Å²) in [6, 6.07) is 5.77. The fourth-order valence-corrected chi connectivity index (χ4v) is 2.62. The fraction of sp³-hybridized carbons (Fsp3) is 0.500. The lowest BCUT2D eigenvalue weighted by Crippen LogP contribution is -2.12. The summed E-state index contributed by atoms with van der Waals surface area (Å²) < 4.78 is 6.64. The van der Waals surface area contributed by atoms with E-state index in [4.69, 9.17) is 4.42 Å². The van der Waals surface area contributed by atoms with E-state index in [0.29, 0.717) is 5.58 Å². The van der Waals surface area contributed by atoms with Gasteiger partial charge in [0.2, 0.25) is 0 Å². The first-order valence-electron chi connectivity index (χ1n) is 6.78. The first-order valence-corrected chi connectivity index (χ1v) is 6.78. The van der Waals surface area contributed by atoms with Crippen molar-refractivity contribution < 1.29 is 4.42 Å². The molecule has 3 rings (SSSR count).